The Morgan fingerprint density at radius 2 is 1.92 bits per heavy atom. The highest BCUT2D eigenvalue weighted by atomic mass is 16.2. The molecule has 4 amide bonds. The van der Waals surface area contributed by atoms with Crippen LogP contribution in [0.15, 0.2) is 4.99 Å². The van der Waals surface area contributed by atoms with E-state index < -0.39 is 12.1 Å². The van der Waals surface area contributed by atoms with Gasteiger partial charge in [0.2, 0.25) is 0 Å². The molecule has 0 bridgehead atoms. The van der Waals surface area contributed by atoms with Crippen molar-refractivity contribution in [2.75, 3.05) is 27.7 Å². The molecule has 1 saturated heterocycles. The molecule has 2 aliphatic heterocycles. The standard InChI is InChI=1S/C16H24N5O3/c1-18(11-7-5-4-6-8-11)12(22)9-21-10-17-14-13(21)15(23)20(3)16(24)19(14)2/h10-11,13H,4-9H2,1-3H3/q+1. The fourth-order valence-corrected chi connectivity index (χ4v) is 3.61. The number of carbonyl (C=O) groups excluding carboxylic acids is 3. The van der Waals surface area contributed by atoms with Crippen molar-refractivity contribution in [2.45, 2.75) is 44.2 Å². The van der Waals surface area contributed by atoms with Crippen molar-refractivity contribution >= 4 is 30.0 Å². The first kappa shape index (κ1) is 16.6. The van der Waals surface area contributed by atoms with Crippen LogP contribution in [-0.2, 0) is 9.59 Å². The first-order valence-electron chi connectivity index (χ1n) is 8.39. The number of aliphatic imine (C=N–C) groups is 1. The normalized spacial score (nSPS) is 24.7. The van der Waals surface area contributed by atoms with Crippen molar-refractivity contribution in [3.05, 3.63) is 0 Å². The average molecular weight is 334 g/mol. The van der Waals surface area contributed by atoms with Crippen molar-refractivity contribution < 1.29 is 19.0 Å². The van der Waals surface area contributed by atoms with E-state index in [0.717, 1.165) is 30.6 Å². The second kappa shape index (κ2) is 6.33. The third-order valence-electron chi connectivity index (χ3n) is 5.23. The molecule has 2 heterocycles. The molecule has 8 nitrogen and oxygen atoms in total. The van der Waals surface area contributed by atoms with Gasteiger partial charge in [-0.15, -0.1) is 0 Å². The van der Waals surface area contributed by atoms with Crippen LogP contribution in [0.4, 0.5) is 4.79 Å². The lowest BCUT2D eigenvalue weighted by atomic mass is 9.94. The third kappa shape index (κ3) is 2.70. The maximum Gasteiger partial charge on any atom is 0.333 e. The topological polar surface area (TPSA) is 76.3 Å². The zero-order valence-electron chi connectivity index (χ0n) is 14.4. The number of rotatable bonds is 3. The predicted octanol–water partition coefficient (Wildman–Crippen LogP) is 0.123. The Balaban J connectivity index is 1.69. The van der Waals surface area contributed by atoms with E-state index in [2.05, 4.69) is 4.99 Å². The van der Waals surface area contributed by atoms with Crippen molar-refractivity contribution in [2.24, 2.45) is 4.99 Å². The summed E-state index contributed by atoms with van der Waals surface area (Å²) in [5.41, 5.74) is 0. The van der Waals surface area contributed by atoms with E-state index in [9.17, 15) is 14.4 Å². The van der Waals surface area contributed by atoms with E-state index in [1.807, 2.05) is 7.05 Å². The molecular formula is C16H24N5O3+. The summed E-state index contributed by atoms with van der Waals surface area (Å²) in [4.78, 5) is 45.4. The van der Waals surface area contributed by atoms with Crippen LogP contribution in [0, 0.1) is 0 Å². The van der Waals surface area contributed by atoms with Gasteiger partial charge in [-0.2, -0.15) is 0 Å². The Morgan fingerprint density at radius 1 is 1.25 bits per heavy atom. The lowest BCUT2D eigenvalue weighted by Gasteiger charge is -2.32. The largest absolute Gasteiger partial charge is 0.339 e. The van der Waals surface area contributed by atoms with Gasteiger partial charge >= 0.3 is 6.03 Å². The highest BCUT2D eigenvalue weighted by Gasteiger charge is 2.51. The molecule has 1 unspecified atom stereocenters. The fourth-order valence-electron chi connectivity index (χ4n) is 3.61. The average Bonchev–Trinajstić information content (AvgIpc) is 3.01. The molecule has 1 aliphatic carbocycles. The molecular weight excluding hydrogens is 310 g/mol. The predicted molar refractivity (Wildman–Crippen MR) is 88.0 cm³/mol. The lowest BCUT2D eigenvalue weighted by molar-refractivity contribution is -0.520. The number of amidine groups is 1. The van der Waals surface area contributed by atoms with E-state index >= 15 is 0 Å². The highest BCUT2D eigenvalue weighted by Crippen LogP contribution is 2.22. The molecule has 0 spiro atoms. The number of carbonyl (C=O) groups is 3. The minimum atomic E-state index is -0.693. The summed E-state index contributed by atoms with van der Waals surface area (Å²) in [6, 6.07) is -0.819. The van der Waals surface area contributed by atoms with Gasteiger partial charge in [0.1, 0.15) is 0 Å². The van der Waals surface area contributed by atoms with Crippen LogP contribution in [0.5, 0.6) is 0 Å². The first-order valence-corrected chi connectivity index (χ1v) is 8.39. The van der Waals surface area contributed by atoms with Gasteiger partial charge in [0.25, 0.3) is 30.0 Å². The van der Waals surface area contributed by atoms with Crippen LogP contribution < -0.4 is 0 Å². The lowest BCUT2D eigenvalue weighted by Crippen LogP contribution is -2.62. The van der Waals surface area contributed by atoms with Gasteiger partial charge in [-0.3, -0.25) is 19.4 Å². The summed E-state index contributed by atoms with van der Waals surface area (Å²) in [5.74, 6) is 0.0135. The molecule has 0 aromatic heterocycles. The summed E-state index contributed by atoms with van der Waals surface area (Å²) in [6.45, 7) is 0.0896. The van der Waals surface area contributed by atoms with Crippen molar-refractivity contribution in [1.29, 1.82) is 0 Å². The highest BCUT2D eigenvalue weighted by molar-refractivity contribution is 6.21. The maximum absolute atomic E-state index is 12.6. The van der Waals surface area contributed by atoms with Crippen LogP contribution in [-0.4, -0.2) is 89.1 Å². The summed E-state index contributed by atoms with van der Waals surface area (Å²) >= 11 is 0. The second-order valence-corrected chi connectivity index (χ2v) is 6.71. The Labute approximate surface area is 141 Å². The van der Waals surface area contributed by atoms with Crippen LogP contribution in [0.1, 0.15) is 32.1 Å². The minimum absolute atomic E-state index is 0.0235. The molecule has 3 aliphatic rings. The quantitative estimate of drug-likeness (QED) is 0.688. The summed E-state index contributed by atoms with van der Waals surface area (Å²) in [7, 11) is 4.87. The second-order valence-electron chi connectivity index (χ2n) is 6.71. The number of urea groups is 1. The van der Waals surface area contributed by atoms with E-state index in [-0.39, 0.29) is 24.4 Å². The molecule has 8 heteroatoms. The van der Waals surface area contributed by atoms with Crippen molar-refractivity contribution in [3.8, 4) is 0 Å². The summed E-state index contributed by atoms with van der Waals surface area (Å²) in [6.07, 6.45) is 7.12. The van der Waals surface area contributed by atoms with Gasteiger partial charge in [-0.1, -0.05) is 19.3 Å². The molecule has 1 atom stereocenters. The third-order valence-corrected chi connectivity index (χ3v) is 5.23. The van der Waals surface area contributed by atoms with Crippen LogP contribution >= 0.6 is 0 Å². The minimum Gasteiger partial charge on any atom is -0.339 e. The van der Waals surface area contributed by atoms with E-state index in [0.29, 0.717) is 5.84 Å². The molecule has 0 aromatic rings. The summed E-state index contributed by atoms with van der Waals surface area (Å²) in [5, 5.41) is 0. The maximum atomic E-state index is 12.6. The van der Waals surface area contributed by atoms with E-state index in [4.69, 9.17) is 0 Å². The number of nitrogens with zero attached hydrogens (tertiary/aromatic N) is 5. The molecule has 0 radical (unpaired) electrons. The van der Waals surface area contributed by atoms with Crippen LogP contribution in [0.25, 0.3) is 0 Å². The van der Waals surface area contributed by atoms with Crippen LogP contribution in [0.3, 0.4) is 0 Å². The molecule has 130 valence electrons. The van der Waals surface area contributed by atoms with E-state index in [1.165, 1.54) is 24.7 Å². The SMILES string of the molecule is CN1C(=O)C2C(=NC=[N+]2CC(=O)N(C)C2CCCCC2)N(C)C1=O. The Bertz CT molecular complexity index is 636. The number of amides is 4. The number of likely N-dealkylation sites (N-methyl/N-ethyl adjacent to an activating group) is 3. The Kier molecular flexibility index (Phi) is 4.38. The van der Waals surface area contributed by atoms with Crippen LogP contribution in [0.2, 0.25) is 0 Å². The Hall–Kier alpha value is -2.25. The fraction of sp³-hybridized carbons (Fsp3) is 0.688. The zero-order chi connectivity index (χ0) is 17.4. The van der Waals surface area contributed by atoms with Gasteiger partial charge in [0, 0.05) is 27.2 Å². The van der Waals surface area contributed by atoms with E-state index in [1.54, 1.807) is 16.5 Å². The molecule has 24 heavy (non-hydrogen) atoms. The molecule has 3 rings (SSSR count). The summed E-state index contributed by atoms with van der Waals surface area (Å²) < 4.78 is 1.62. The van der Waals surface area contributed by atoms with Gasteiger partial charge < -0.3 is 4.90 Å². The number of hydrogen-bond donors (Lipinski definition) is 0. The van der Waals surface area contributed by atoms with Crippen molar-refractivity contribution in [3.63, 3.8) is 0 Å². The first-order chi connectivity index (χ1) is 11.4. The van der Waals surface area contributed by atoms with Gasteiger partial charge in [-0.25, -0.2) is 9.37 Å². The Morgan fingerprint density at radius 3 is 2.58 bits per heavy atom. The molecule has 2 fully saturated rings. The number of imide groups is 1. The molecule has 0 aromatic carbocycles. The monoisotopic (exact) mass is 334 g/mol. The molecule has 0 N–H and O–H groups in total. The van der Waals surface area contributed by atoms with Gasteiger partial charge in [0.05, 0.1) is 0 Å². The zero-order valence-corrected chi connectivity index (χ0v) is 14.4. The smallest absolute Gasteiger partial charge is 0.333 e. The molecule has 1 saturated carbocycles. The number of hydrogen-bond acceptors (Lipinski definition) is 4. The van der Waals surface area contributed by atoms with Crippen molar-refractivity contribution in [1.82, 2.24) is 14.7 Å². The van der Waals surface area contributed by atoms with Gasteiger partial charge in [-0.05, 0) is 17.8 Å². The number of fused-ring (bicyclic) bond motifs is 1. The van der Waals surface area contributed by atoms with Gasteiger partial charge in [0.15, 0.2) is 6.54 Å².